The molecular weight excluding hydrogens is 208 g/mol. The van der Waals surface area contributed by atoms with Gasteiger partial charge in [0.15, 0.2) is 0 Å². The van der Waals surface area contributed by atoms with Crippen molar-refractivity contribution in [1.82, 2.24) is 9.97 Å². The molecule has 0 fully saturated rings. The van der Waals surface area contributed by atoms with Crippen LogP contribution >= 0.6 is 0 Å². The van der Waals surface area contributed by atoms with E-state index in [4.69, 9.17) is 0 Å². The first-order valence-corrected chi connectivity index (χ1v) is 5.79. The normalized spacial score (nSPS) is 10.9. The minimum atomic E-state index is 0.934. The fourth-order valence-electron chi connectivity index (χ4n) is 2.27. The van der Waals surface area contributed by atoms with E-state index in [1.54, 1.807) is 0 Å². The van der Waals surface area contributed by atoms with Crippen LogP contribution in [0.2, 0.25) is 0 Å². The summed E-state index contributed by atoms with van der Waals surface area (Å²) in [6.45, 7) is 2.13. The number of aromatic amines is 1. The second-order valence-electron chi connectivity index (χ2n) is 4.31. The van der Waals surface area contributed by atoms with Crippen LogP contribution in [0.25, 0.3) is 10.9 Å². The Morgan fingerprint density at radius 3 is 2.82 bits per heavy atom. The van der Waals surface area contributed by atoms with Crippen LogP contribution < -0.4 is 0 Å². The van der Waals surface area contributed by atoms with Crippen molar-refractivity contribution in [2.24, 2.45) is 0 Å². The van der Waals surface area contributed by atoms with Crippen molar-refractivity contribution < 1.29 is 0 Å². The molecule has 0 radical (unpaired) electrons. The van der Waals surface area contributed by atoms with E-state index in [1.165, 1.54) is 27.7 Å². The summed E-state index contributed by atoms with van der Waals surface area (Å²) < 4.78 is 0. The van der Waals surface area contributed by atoms with Crippen LogP contribution in [0.5, 0.6) is 0 Å². The van der Waals surface area contributed by atoms with Crippen LogP contribution in [0.3, 0.4) is 0 Å². The third-order valence-electron chi connectivity index (χ3n) is 3.13. The number of pyridine rings is 1. The molecule has 0 aliphatic carbocycles. The fraction of sp³-hybridized carbons (Fsp3) is 0.133. The summed E-state index contributed by atoms with van der Waals surface area (Å²) in [5, 5.41) is 1.31. The highest BCUT2D eigenvalue weighted by Gasteiger charge is 2.08. The summed E-state index contributed by atoms with van der Waals surface area (Å²) >= 11 is 0. The number of hydrogen-bond donors (Lipinski definition) is 1. The maximum Gasteiger partial charge on any atom is 0.0458 e. The third-order valence-corrected chi connectivity index (χ3v) is 3.13. The second-order valence-corrected chi connectivity index (χ2v) is 4.31. The lowest BCUT2D eigenvalue weighted by atomic mass is 10.0. The van der Waals surface area contributed by atoms with E-state index >= 15 is 0 Å². The zero-order chi connectivity index (χ0) is 11.7. The van der Waals surface area contributed by atoms with Crippen LogP contribution in [0.1, 0.15) is 16.8 Å². The van der Waals surface area contributed by atoms with Gasteiger partial charge in [-0.05, 0) is 30.2 Å². The molecule has 2 aromatic heterocycles. The van der Waals surface area contributed by atoms with E-state index in [0.29, 0.717) is 0 Å². The maximum atomic E-state index is 4.16. The molecule has 84 valence electrons. The molecule has 0 unspecified atom stereocenters. The van der Waals surface area contributed by atoms with E-state index in [-0.39, 0.29) is 0 Å². The minimum absolute atomic E-state index is 0.934. The number of nitrogens with one attached hydrogen (secondary N) is 1. The number of aryl methyl sites for hydroxylation is 1. The van der Waals surface area contributed by atoms with Gasteiger partial charge in [-0.1, -0.05) is 24.3 Å². The van der Waals surface area contributed by atoms with Crippen LogP contribution in [0.4, 0.5) is 0 Å². The highest BCUT2D eigenvalue weighted by atomic mass is 14.7. The molecule has 0 bridgehead atoms. The Bertz CT molecular complexity index is 638. The minimum Gasteiger partial charge on any atom is -0.358 e. The number of benzene rings is 1. The average molecular weight is 222 g/mol. The zero-order valence-corrected chi connectivity index (χ0v) is 9.77. The van der Waals surface area contributed by atoms with Crippen molar-refractivity contribution in [1.29, 1.82) is 0 Å². The molecule has 0 amide bonds. The Labute approximate surface area is 100 Å². The first-order chi connectivity index (χ1) is 8.34. The number of fused-ring (bicyclic) bond motifs is 1. The predicted molar refractivity (Wildman–Crippen MR) is 70.1 cm³/mol. The first kappa shape index (κ1) is 10.1. The molecule has 0 saturated heterocycles. The number of aromatic nitrogens is 2. The fourth-order valence-corrected chi connectivity index (χ4v) is 2.27. The number of para-hydroxylation sites is 1. The van der Waals surface area contributed by atoms with Gasteiger partial charge in [0.05, 0.1) is 0 Å². The van der Waals surface area contributed by atoms with Gasteiger partial charge >= 0.3 is 0 Å². The van der Waals surface area contributed by atoms with E-state index in [0.717, 1.165) is 6.42 Å². The topological polar surface area (TPSA) is 28.7 Å². The van der Waals surface area contributed by atoms with Crippen molar-refractivity contribution in [3.05, 3.63) is 65.6 Å². The first-order valence-electron chi connectivity index (χ1n) is 5.79. The van der Waals surface area contributed by atoms with Gasteiger partial charge in [0, 0.05) is 35.4 Å². The summed E-state index contributed by atoms with van der Waals surface area (Å²) in [6, 6.07) is 12.5. The van der Waals surface area contributed by atoms with Gasteiger partial charge in [-0.15, -0.1) is 0 Å². The monoisotopic (exact) mass is 222 g/mol. The molecule has 0 aliphatic heterocycles. The number of hydrogen-bond acceptors (Lipinski definition) is 1. The predicted octanol–water partition coefficient (Wildman–Crippen LogP) is 3.46. The Hall–Kier alpha value is -2.09. The highest BCUT2D eigenvalue weighted by Crippen LogP contribution is 2.24. The lowest BCUT2D eigenvalue weighted by Gasteiger charge is -2.01. The van der Waals surface area contributed by atoms with Gasteiger partial charge < -0.3 is 4.98 Å². The van der Waals surface area contributed by atoms with Gasteiger partial charge in [-0.25, -0.2) is 0 Å². The molecule has 0 saturated carbocycles. The summed E-state index contributed by atoms with van der Waals surface area (Å²) in [5.41, 5.74) is 5.08. The van der Waals surface area contributed by atoms with Crippen LogP contribution in [-0.4, -0.2) is 9.97 Å². The number of H-pyrrole nitrogens is 1. The van der Waals surface area contributed by atoms with E-state index < -0.39 is 0 Å². The summed E-state index contributed by atoms with van der Waals surface area (Å²) in [6.07, 6.45) is 4.68. The summed E-state index contributed by atoms with van der Waals surface area (Å²) in [7, 11) is 0. The van der Waals surface area contributed by atoms with Gasteiger partial charge in [0.1, 0.15) is 0 Å². The molecule has 2 heterocycles. The quantitative estimate of drug-likeness (QED) is 0.706. The van der Waals surface area contributed by atoms with E-state index in [1.807, 2.05) is 18.5 Å². The summed E-state index contributed by atoms with van der Waals surface area (Å²) in [4.78, 5) is 7.59. The average Bonchev–Trinajstić information content (AvgIpc) is 2.68. The van der Waals surface area contributed by atoms with Gasteiger partial charge in [0.25, 0.3) is 0 Å². The Morgan fingerprint density at radius 1 is 1.12 bits per heavy atom. The standard InChI is InChI=1S/C15H14N2/c1-11-14(9-12-5-4-8-16-10-12)13-6-2-3-7-15(13)17-11/h2-8,10,17H,9H2,1H3. The Kier molecular flexibility index (Phi) is 2.41. The molecule has 0 spiro atoms. The number of rotatable bonds is 2. The third kappa shape index (κ3) is 1.82. The number of nitrogens with zero attached hydrogens (tertiary/aromatic N) is 1. The Morgan fingerprint density at radius 2 is 2.00 bits per heavy atom. The van der Waals surface area contributed by atoms with Crippen LogP contribution in [0, 0.1) is 6.92 Å². The molecule has 0 aliphatic rings. The largest absolute Gasteiger partial charge is 0.358 e. The lowest BCUT2D eigenvalue weighted by molar-refractivity contribution is 1.12. The van der Waals surface area contributed by atoms with Crippen molar-refractivity contribution in [3.8, 4) is 0 Å². The zero-order valence-electron chi connectivity index (χ0n) is 9.77. The maximum absolute atomic E-state index is 4.16. The Balaban J connectivity index is 2.08. The van der Waals surface area contributed by atoms with Crippen molar-refractivity contribution in [2.45, 2.75) is 13.3 Å². The van der Waals surface area contributed by atoms with Gasteiger partial charge in [-0.2, -0.15) is 0 Å². The van der Waals surface area contributed by atoms with Crippen molar-refractivity contribution >= 4 is 10.9 Å². The molecule has 0 atom stereocenters. The molecular formula is C15H14N2. The highest BCUT2D eigenvalue weighted by molar-refractivity contribution is 5.84. The molecule has 1 N–H and O–H groups in total. The molecule has 1 aromatic carbocycles. The molecule has 2 nitrogen and oxygen atoms in total. The lowest BCUT2D eigenvalue weighted by Crippen LogP contribution is -1.90. The summed E-state index contributed by atoms with van der Waals surface area (Å²) in [5.74, 6) is 0. The second kappa shape index (κ2) is 4.06. The molecule has 3 rings (SSSR count). The smallest absolute Gasteiger partial charge is 0.0458 e. The molecule has 3 aromatic rings. The van der Waals surface area contributed by atoms with E-state index in [9.17, 15) is 0 Å². The SMILES string of the molecule is Cc1[nH]c2ccccc2c1Cc1cccnc1. The van der Waals surface area contributed by atoms with Crippen molar-refractivity contribution in [2.75, 3.05) is 0 Å². The van der Waals surface area contributed by atoms with Crippen molar-refractivity contribution in [3.63, 3.8) is 0 Å². The molecule has 17 heavy (non-hydrogen) atoms. The van der Waals surface area contributed by atoms with Gasteiger partial charge in [0.2, 0.25) is 0 Å². The van der Waals surface area contributed by atoms with Gasteiger partial charge in [-0.3, -0.25) is 4.98 Å². The van der Waals surface area contributed by atoms with Crippen LogP contribution in [-0.2, 0) is 6.42 Å². The van der Waals surface area contributed by atoms with Crippen LogP contribution in [0.15, 0.2) is 48.8 Å². The molecule has 2 heteroatoms. The van der Waals surface area contributed by atoms with E-state index in [2.05, 4.69) is 47.2 Å².